The molecule has 6 rings (SSSR count). The molecule has 0 aromatic heterocycles. The molecule has 0 aromatic rings. The van der Waals surface area contributed by atoms with Crippen molar-refractivity contribution >= 4 is 17.6 Å². The number of fused-ring (bicyclic) bond motifs is 2. The zero-order valence-electron chi connectivity index (χ0n) is 22.7. The number of nitrogens with zero attached hydrogens (tertiary/aromatic N) is 4. The molecule has 10 nitrogen and oxygen atoms in total. The van der Waals surface area contributed by atoms with Crippen molar-refractivity contribution in [2.45, 2.75) is 75.8 Å². The minimum Gasteiger partial charge on any atom is -0.379 e. The van der Waals surface area contributed by atoms with Crippen LogP contribution in [0.2, 0.25) is 0 Å². The average molecular weight is 530 g/mol. The highest BCUT2D eigenvalue weighted by atomic mass is 16.5. The van der Waals surface area contributed by atoms with Crippen LogP contribution in [0.25, 0.3) is 0 Å². The number of ether oxygens (including phenoxy) is 2. The second-order valence-electron chi connectivity index (χ2n) is 11.8. The molecule has 6 aliphatic rings. The van der Waals surface area contributed by atoms with Crippen molar-refractivity contribution in [3.8, 4) is 0 Å². The number of ketones is 1. The van der Waals surface area contributed by atoms with Gasteiger partial charge in [0.25, 0.3) is 5.91 Å². The maximum atomic E-state index is 13.8. The van der Waals surface area contributed by atoms with E-state index in [1.807, 2.05) is 11.1 Å². The van der Waals surface area contributed by atoms with Crippen molar-refractivity contribution in [1.82, 2.24) is 24.9 Å². The first-order valence-electron chi connectivity index (χ1n) is 14.8. The number of amides is 2. The molecular weight excluding hydrogens is 486 g/mol. The van der Waals surface area contributed by atoms with Gasteiger partial charge in [-0.05, 0) is 25.7 Å². The highest BCUT2D eigenvalue weighted by molar-refractivity contribution is 6.20. The Labute approximate surface area is 225 Å². The first-order valence-corrected chi connectivity index (χ1v) is 14.8. The molecule has 1 N–H and O–H groups in total. The van der Waals surface area contributed by atoms with Crippen LogP contribution in [0.5, 0.6) is 0 Å². The summed E-state index contributed by atoms with van der Waals surface area (Å²) in [5.41, 5.74) is 0.326. The van der Waals surface area contributed by atoms with E-state index in [9.17, 15) is 14.4 Å². The zero-order chi connectivity index (χ0) is 26.2. The average Bonchev–Trinajstić information content (AvgIpc) is 2.95. The number of carbonyl (C=O) groups is 3. The molecule has 2 saturated carbocycles. The van der Waals surface area contributed by atoms with Crippen molar-refractivity contribution in [2.75, 3.05) is 65.6 Å². The second-order valence-corrected chi connectivity index (χ2v) is 11.8. The third-order valence-corrected chi connectivity index (χ3v) is 9.80. The Morgan fingerprint density at radius 2 is 1.74 bits per heavy atom. The normalized spacial score (nSPS) is 36.2. The van der Waals surface area contributed by atoms with Gasteiger partial charge in [-0.1, -0.05) is 12.8 Å². The summed E-state index contributed by atoms with van der Waals surface area (Å²) in [5, 5.41) is 3.04. The fraction of sp³-hybridized carbons (Fsp3) is 0.821. The van der Waals surface area contributed by atoms with Crippen LogP contribution in [0.1, 0.15) is 45.4 Å². The summed E-state index contributed by atoms with van der Waals surface area (Å²) >= 11 is 0. The number of hydrogen-bond acceptors (Lipinski definition) is 8. The van der Waals surface area contributed by atoms with E-state index < -0.39 is 0 Å². The molecule has 10 heteroatoms. The molecule has 5 fully saturated rings. The van der Waals surface area contributed by atoms with Gasteiger partial charge >= 0.3 is 0 Å². The number of rotatable bonds is 5. The molecule has 2 amide bonds. The molecule has 2 aliphatic carbocycles. The van der Waals surface area contributed by atoms with Gasteiger partial charge in [0, 0.05) is 77.4 Å². The van der Waals surface area contributed by atoms with Crippen LogP contribution >= 0.6 is 0 Å². The summed E-state index contributed by atoms with van der Waals surface area (Å²) in [6.07, 6.45) is 8.03. The topological polar surface area (TPSA) is 94.7 Å². The maximum absolute atomic E-state index is 13.8. The third kappa shape index (κ3) is 5.00. The highest BCUT2D eigenvalue weighted by Crippen LogP contribution is 2.46. The molecule has 0 spiro atoms. The van der Waals surface area contributed by atoms with Crippen LogP contribution in [0.15, 0.2) is 11.8 Å². The van der Waals surface area contributed by atoms with E-state index in [0.717, 1.165) is 97.6 Å². The fourth-order valence-electron chi connectivity index (χ4n) is 7.75. The van der Waals surface area contributed by atoms with Gasteiger partial charge in [0.2, 0.25) is 5.91 Å². The predicted octanol–water partition coefficient (Wildman–Crippen LogP) is 0.225. The van der Waals surface area contributed by atoms with Crippen LogP contribution in [0, 0.1) is 5.92 Å². The monoisotopic (exact) mass is 529 g/mol. The van der Waals surface area contributed by atoms with Gasteiger partial charge in [-0.3, -0.25) is 24.2 Å². The standard InChI is InChI=1S/C28H43N5O5/c1-19(34)31-10-12-32(13-11-31)23-7-6-20-25-27(23)38-24-5-3-2-4-22(24)33(25)18-21(26(20)35)28(36)29-8-9-30-14-16-37-17-15-30/h18,20,22-25,27H,2-17H2,1H3,(H,29,36). The number of morpholine rings is 2. The van der Waals surface area contributed by atoms with E-state index in [-0.39, 0.29) is 53.8 Å². The Hall–Kier alpha value is -2.01. The first-order chi connectivity index (χ1) is 18.5. The van der Waals surface area contributed by atoms with E-state index in [0.29, 0.717) is 12.1 Å². The van der Waals surface area contributed by atoms with Gasteiger partial charge in [-0.25, -0.2) is 0 Å². The van der Waals surface area contributed by atoms with Gasteiger partial charge in [0.15, 0.2) is 5.78 Å². The summed E-state index contributed by atoms with van der Waals surface area (Å²) in [6, 6.07) is 0.447. The summed E-state index contributed by atoms with van der Waals surface area (Å²) in [6.45, 7) is 9.34. The van der Waals surface area contributed by atoms with E-state index in [1.54, 1.807) is 6.92 Å². The Morgan fingerprint density at radius 1 is 0.974 bits per heavy atom. The quantitative estimate of drug-likeness (QED) is 0.506. The lowest BCUT2D eigenvalue weighted by atomic mass is 9.70. The van der Waals surface area contributed by atoms with Crippen molar-refractivity contribution in [1.29, 1.82) is 0 Å². The number of Topliss-reactive ketones (excluding diaryl/α,β-unsaturated/α-hetero) is 1. The number of piperazine rings is 1. The van der Waals surface area contributed by atoms with Crippen LogP contribution in [0.3, 0.4) is 0 Å². The molecule has 210 valence electrons. The second kappa shape index (κ2) is 11.2. The van der Waals surface area contributed by atoms with E-state index >= 15 is 0 Å². The van der Waals surface area contributed by atoms with Crippen molar-refractivity contribution in [3.05, 3.63) is 11.8 Å². The lowest BCUT2D eigenvalue weighted by Gasteiger charge is -2.60. The number of hydrogen-bond donors (Lipinski definition) is 1. The summed E-state index contributed by atoms with van der Waals surface area (Å²) in [4.78, 5) is 48.0. The van der Waals surface area contributed by atoms with Crippen molar-refractivity contribution in [2.24, 2.45) is 5.92 Å². The van der Waals surface area contributed by atoms with E-state index in [4.69, 9.17) is 9.47 Å². The largest absolute Gasteiger partial charge is 0.379 e. The Kier molecular flexibility index (Phi) is 7.75. The smallest absolute Gasteiger partial charge is 0.256 e. The minimum atomic E-state index is -0.236. The summed E-state index contributed by atoms with van der Waals surface area (Å²) in [7, 11) is 0. The molecule has 4 aliphatic heterocycles. The van der Waals surface area contributed by atoms with Gasteiger partial charge in [-0.2, -0.15) is 0 Å². The van der Waals surface area contributed by atoms with E-state index in [1.165, 1.54) is 0 Å². The van der Waals surface area contributed by atoms with Crippen LogP contribution in [-0.4, -0.2) is 133 Å². The maximum Gasteiger partial charge on any atom is 0.256 e. The molecule has 3 saturated heterocycles. The SMILES string of the molecule is CC(=O)N1CCN(C2CCC3C(=O)C(C(=O)NCCN4CCOCC4)=CN4C5CCCCC5OC2C34)CC1. The summed E-state index contributed by atoms with van der Waals surface area (Å²) in [5.74, 6) is -0.322. The fourth-order valence-corrected chi connectivity index (χ4v) is 7.75. The van der Waals surface area contributed by atoms with Crippen molar-refractivity contribution in [3.63, 3.8) is 0 Å². The molecule has 6 unspecified atom stereocenters. The first kappa shape index (κ1) is 26.2. The zero-order valence-corrected chi connectivity index (χ0v) is 22.7. The van der Waals surface area contributed by atoms with Crippen LogP contribution in [0.4, 0.5) is 0 Å². The Morgan fingerprint density at radius 3 is 2.50 bits per heavy atom. The van der Waals surface area contributed by atoms with Crippen molar-refractivity contribution < 1.29 is 23.9 Å². The Bertz CT molecular complexity index is 944. The minimum absolute atomic E-state index is 0.0159. The van der Waals surface area contributed by atoms with Gasteiger partial charge in [0.05, 0.1) is 43.1 Å². The number of nitrogens with one attached hydrogen (secondary N) is 1. The van der Waals surface area contributed by atoms with Gasteiger partial charge in [0.1, 0.15) is 0 Å². The predicted molar refractivity (Wildman–Crippen MR) is 140 cm³/mol. The third-order valence-electron chi connectivity index (χ3n) is 9.80. The van der Waals surface area contributed by atoms with Crippen LogP contribution < -0.4 is 5.32 Å². The lowest BCUT2D eigenvalue weighted by Crippen LogP contribution is -2.71. The molecule has 38 heavy (non-hydrogen) atoms. The summed E-state index contributed by atoms with van der Waals surface area (Å²) < 4.78 is 12.3. The lowest BCUT2D eigenvalue weighted by molar-refractivity contribution is -0.202. The molecular formula is C28H43N5O5. The van der Waals surface area contributed by atoms with Gasteiger partial charge < -0.3 is 24.6 Å². The highest BCUT2D eigenvalue weighted by Gasteiger charge is 2.56. The molecule has 0 aromatic carbocycles. The number of carbonyl (C=O) groups excluding carboxylic acids is 3. The Balaban J connectivity index is 1.19. The molecule has 4 heterocycles. The van der Waals surface area contributed by atoms with Crippen LogP contribution in [-0.2, 0) is 23.9 Å². The molecule has 0 radical (unpaired) electrons. The molecule has 0 bridgehead atoms. The van der Waals surface area contributed by atoms with E-state index in [2.05, 4.69) is 20.0 Å². The molecule has 6 atom stereocenters. The van der Waals surface area contributed by atoms with Gasteiger partial charge in [-0.15, -0.1) is 0 Å².